The number of rotatable bonds is 2. The summed E-state index contributed by atoms with van der Waals surface area (Å²) >= 11 is 0. The lowest BCUT2D eigenvalue weighted by Crippen LogP contribution is -2.26. The van der Waals surface area contributed by atoms with Crippen molar-refractivity contribution in [3.8, 4) is 0 Å². The highest BCUT2D eigenvalue weighted by Gasteiger charge is 2.30. The molecule has 4 rings (SSSR count). The highest BCUT2D eigenvalue weighted by Crippen LogP contribution is 2.42. The zero-order valence-electron chi connectivity index (χ0n) is 28.1. The predicted octanol–water partition coefficient (Wildman–Crippen LogP) is 12.6. The van der Waals surface area contributed by atoms with Gasteiger partial charge >= 0.3 is 0 Å². The van der Waals surface area contributed by atoms with E-state index in [1.165, 1.54) is 36.8 Å². The van der Waals surface area contributed by atoms with Crippen LogP contribution in [0.3, 0.4) is 0 Å². The van der Waals surface area contributed by atoms with Crippen molar-refractivity contribution < 1.29 is 5.11 Å². The number of fused-ring (bicyclic) bond motifs is 1. The molecule has 2 fully saturated rings. The lowest BCUT2D eigenvalue weighted by atomic mass is 9.68. The van der Waals surface area contributed by atoms with E-state index in [9.17, 15) is 0 Å². The number of hydrogen-bond donors (Lipinski definition) is 1. The van der Waals surface area contributed by atoms with Gasteiger partial charge in [0, 0.05) is 0 Å². The summed E-state index contributed by atoms with van der Waals surface area (Å²) in [7, 11) is 0. The minimum Gasteiger partial charge on any atom is -0.392 e. The van der Waals surface area contributed by atoms with E-state index in [2.05, 4.69) is 79.3 Å². The molecule has 2 saturated carbocycles. The van der Waals surface area contributed by atoms with Crippen molar-refractivity contribution in [2.45, 2.75) is 134 Å². The fraction of sp³-hybridized carbons (Fsp3) is 0.632. The molecule has 0 aliphatic heterocycles. The minimum absolute atomic E-state index is 0.140. The third-order valence-corrected chi connectivity index (χ3v) is 6.14. The first-order chi connectivity index (χ1) is 18.8. The third-order valence-electron chi connectivity index (χ3n) is 6.14. The van der Waals surface area contributed by atoms with Gasteiger partial charge < -0.3 is 5.11 Å². The molecule has 2 aromatic rings. The van der Waals surface area contributed by atoms with Gasteiger partial charge in [0.2, 0.25) is 0 Å². The Morgan fingerprint density at radius 3 is 1.67 bits per heavy atom. The van der Waals surface area contributed by atoms with E-state index >= 15 is 0 Å². The van der Waals surface area contributed by atoms with E-state index < -0.39 is 0 Å². The van der Waals surface area contributed by atoms with Gasteiger partial charge in [-0.1, -0.05) is 181 Å². The molecule has 2 aliphatic carbocycles. The lowest BCUT2D eigenvalue weighted by Gasteiger charge is -2.38. The third kappa shape index (κ3) is 26.1. The van der Waals surface area contributed by atoms with Crippen LogP contribution in [0.1, 0.15) is 137 Å². The molecule has 0 amide bonds. The van der Waals surface area contributed by atoms with Crippen molar-refractivity contribution in [1.82, 2.24) is 0 Å². The largest absolute Gasteiger partial charge is 0.392 e. The molecule has 3 atom stereocenters. The summed E-state index contributed by atoms with van der Waals surface area (Å²) in [5.41, 5.74) is 3.44. The van der Waals surface area contributed by atoms with Crippen molar-refractivity contribution in [2.75, 3.05) is 0 Å². The van der Waals surface area contributed by atoms with E-state index in [1.807, 2.05) is 64.1 Å². The maximum Gasteiger partial charge on any atom is 0.0681 e. The second-order valence-electron chi connectivity index (χ2n) is 10.9. The first kappa shape index (κ1) is 41.6. The average molecular weight is 541 g/mol. The smallest absolute Gasteiger partial charge is 0.0681 e. The van der Waals surface area contributed by atoms with Gasteiger partial charge in [-0.25, -0.2) is 0 Å². The molecule has 0 heterocycles. The molecule has 0 aromatic heterocycles. The van der Waals surface area contributed by atoms with Crippen LogP contribution in [-0.2, 0) is 6.61 Å². The Kier molecular flexibility index (Phi) is 32.7. The molecule has 0 spiro atoms. The predicted molar refractivity (Wildman–Crippen MR) is 181 cm³/mol. The Hall–Kier alpha value is -1.86. The molecule has 2 aliphatic rings. The van der Waals surface area contributed by atoms with Crippen LogP contribution in [-0.4, -0.2) is 5.11 Å². The first-order valence-electron chi connectivity index (χ1n) is 16.1. The fourth-order valence-electron chi connectivity index (χ4n) is 4.39. The second kappa shape index (κ2) is 30.7. The Morgan fingerprint density at radius 1 is 0.795 bits per heavy atom. The van der Waals surface area contributed by atoms with Crippen molar-refractivity contribution >= 4 is 6.08 Å². The van der Waals surface area contributed by atoms with Gasteiger partial charge in [0.25, 0.3) is 0 Å². The van der Waals surface area contributed by atoms with Gasteiger partial charge in [-0.2, -0.15) is 0 Å². The average Bonchev–Trinajstić information content (AvgIpc) is 2.97. The summed E-state index contributed by atoms with van der Waals surface area (Å²) < 4.78 is 0. The number of benzene rings is 2. The summed E-state index contributed by atoms with van der Waals surface area (Å²) in [5, 5.41) is 8.54. The number of aryl methyl sites for hydroxylation is 1. The second-order valence-corrected chi connectivity index (χ2v) is 10.9. The van der Waals surface area contributed by atoms with Crippen LogP contribution in [0.2, 0.25) is 0 Å². The number of aliphatic hydroxyl groups excluding tert-OH is 1. The van der Waals surface area contributed by atoms with Crippen LogP contribution in [0.5, 0.6) is 0 Å². The van der Waals surface area contributed by atoms with Crippen LogP contribution < -0.4 is 0 Å². The Balaban J connectivity index is -0.000000426. The van der Waals surface area contributed by atoms with Crippen LogP contribution in [0, 0.1) is 30.6 Å². The molecule has 1 N–H and O–H groups in total. The molecule has 226 valence electrons. The monoisotopic (exact) mass is 541 g/mol. The van der Waals surface area contributed by atoms with E-state index in [4.69, 9.17) is 5.11 Å². The number of hydrogen-bond acceptors (Lipinski definition) is 1. The molecule has 0 bridgehead atoms. The zero-order valence-corrected chi connectivity index (χ0v) is 28.1. The fourth-order valence-corrected chi connectivity index (χ4v) is 4.39. The van der Waals surface area contributed by atoms with E-state index in [0.29, 0.717) is 0 Å². The van der Waals surface area contributed by atoms with Crippen molar-refractivity contribution in [1.29, 1.82) is 0 Å². The SMILES string of the molecule is C=Cc1ccc(C)cc1.CC.CC.CC(C)C.CC1CCC2CCCCC2C1.CCC.OCc1ccccc1. The maximum atomic E-state index is 8.54. The van der Waals surface area contributed by atoms with Crippen LogP contribution in [0.4, 0.5) is 0 Å². The number of aliphatic hydroxyl groups is 1. The van der Waals surface area contributed by atoms with Crippen LogP contribution in [0.25, 0.3) is 6.08 Å². The van der Waals surface area contributed by atoms with Gasteiger partial charge in [-0.15, -0.1) is 0 Å². The molecule has 39 heavy (non-hydrogen) atoms. The highest BCUT2D eigenvalue weighted by molar-refractivity contribution is 5.46. The lowest BCUT2D eigenvalue weighted by molar-refractivity contribution is 0.137. The molecule has 0 radical (unpaired) electrons. The van der Waals surface area contributed by atoms with E-state index in [-0.39, 0.29) is 6.61 Å². The molecule has 3 unspecified atom stereocenters. The molecule has 1 heteroatoms. The molecule has 2 aromatic carbocycles. The Bertz CT molecular complexity index is 713. The van der Waals surface area contributed by atoms with Gasteiger partial charge in [0.05, 0.1) is 6.61 Å². The van der Waals surface area contributed by atoms with Crippen molar-refractivity contribution in [3.05, 3.63) is 77.9 Å². The van der Waals surface area contributed by atoms with Gasteiger partial charge in [-0.05, 0) is 54.6 Å². The molecular weight excluding hydrogens is 472 g/mol. The minimum atomic E-state index is 0.140. The Morgan fingerprint density at radius 2 is 1.26 bits per heavy atom. The molecular formula is C38H68O. The summed E-state index contributed by atoms with van der Waals surface area (Å²) in [6.45, 7) is 27.1. The summed E-state index contributed by atoms with van der Waals surface area (Å²) in [5.74, 6) is 4.14. The van der Waals surface area contributed by atoms with Gasteiger partial charge in [-0.3, -0.25) is 0 Å². The summed E-state index contributed by atoms with van der Waals surface area (Å²) in [6.07, 6.45) is 13.9. The van der Waals surface area contributed by atoms with Crippen LogP contribution >= 0.6 is 0 Å². The molecule has 0 saturated heterocycles. The first-order valence-corrected chi connectivity index (χ1v) is 16.1. The van der Waals surface area contributed by atoms with E-state index in [0.717, 1.165) is 29.2 Å². The van der Waals surface area contributed by atoms with E-state index in [1.54, 1.807) is 25.7 Å². The quantitative estimate of drug-likeness (QED) is 0.401. The van der Waals surface area contributed by atoms with Crippen molar-refractivity contribution in [3.63, 3.8) is 0 Å². The summed E-state index contributed by atoms with van der Waals surface area (Å²) in [6, 6.07) is 17.8. The highest BCUT2D eigenvalue weighted by atomic mass is 16.3. The van der Waals surface area contributed by atoms with Crippen molar-refractivity contribution in [2.24, 2.45) is 23.7 Å². The van der Waals surface area contributed by atoms with Crippen LogP contribution in [0.15, 0.2) is 61.2 Å². The standard InChI is InChI=1S/C11H20.C9H10.C7H8O.C4H10.C3H8.2C2H6/c1-9-6-7-10-4-2-3-5-11(10)8-9;1-3-9-6-4-8(2)5-7-9;8-6-7-4-2-1-3-5-7;1-4(2)3;1-3-2;2*1-2/h9-11H,2-8H2,1H3;3-7H,1H2,2H3;1-5,8H,6H2;4H,1-3H3;3H2,1-2H3;2*1-2H3. The maximum absolute atomic E-state index is 8.54. The summed E-state index contributed by atoms with van der Waals surface area (Å²) in [4.78, 5) is 0. The van der Waals surface area contributed by atoms with Gasteiger partial charge in [0.15, 0.2) is 0 Å². The topological polar surface area (TPSA) is 20.2 Å². The van der Waals surface area contributed by atoms with Gasteiger partial charge in [0.1, 0.15) is 0 Å². The molecule has 1 nitrogen and oxygen atoms in total. The normalized spacial score (nSPS) is 18.3. The Labute approximate surface area is 246 Å². The zero-order chi connectivity index (χ0) is 30.5.